The van der Waals surface area contributed by atoms with Gasteiger partial charge in [-0.3, -0.25) is 9.59 Å². The number of rotatable bonds is 6. The molecule has 2 N–H and O–H groups in total. The minimum Gasteiger partial charge on any atom is -0.496 e. The van der Waals surface area contributed by atoms with E-state index in [1.807, 2.05) is 26.8 Å². The van der Waals surface area contributed by atoms with Crippen molar-refractivity contribution in [2.45, 2.75) is 33.2 Å². The van der Waals surface area contributed by atoms with Gasteiger partial charge in [0.15, 0.2) is 0 Å². The van der Waals surface area contributed by atoms with E-state index in [0.717, 1.165) is 12.0 Å². The Morgan fingerprint density at radius 3 is 2.52 bits per heavy atom. The first kappa shape index (κ1) is 18.5. The van der Waals surface area contributed by atoms with Gasteiger partial charge in [-0.25, -0.2) is 0 Å². The predicted octanol–water partition coefficient (Wildman–Crippen LogP) is 3.78. The molecule has 0 aliphatic carbocycles. The van der Waals surface area contributed by atoms with Gasteiger partial charge in [-0.15, -0.1) is 0 Å². The van der Waals surface area contributed by atoms with Crippen molar-refractivity contribution in [3.8, 4) is 5.75 Å². The zero-order valence-corrected chi connectivity index (χ0v) is 15.1. The van der Waals surface area contributed by atoms with E-state index in [0.29, 0.717) is 22.6 Å². The van der Waals surface area contributed by atoms with E-state index in [-0.39, 0.29) is 17.9 Å². The second-order valence-electron chi connectivity index (χ2n) is 5.97. The Balaban J connectivity index is 2.23. The first-order valence-electron chi connectivity index (χ1n) is 8.32. The van der Waals surface area contributed by atoms with Gasteiger partial charge < -0.3 is 15.4 Å². The number of carbonyl (C=O) groups is 2. The number of benzene rings is 2. The summed E-state index contributed by atoms with van der Waals surface area (Å²) in [5.74, 6) is 0.157. The first-order valence-corrected chi connectivity index (χ1v) is 8.32. The minimum absolute atomic E-state index is 0.0672. The van der Waals surface area contributed by atoms with Crippen LogP contribution in [0.3, 0.4) is 0 Å². The van der Waals surface area contributed by atoms with Crippen LogP contribution in [0.15, 0.2) is 42.5 Å². The Hall–Kier alpha value is -2.82. The van der Waals surface area contributed by atoms with Crippen LogP contribution in [0.4, 0.5) is 5.69 Å². The summed E-state index contributed by atoms with van der Waals surface area (Å²) in [7, 11) is 1.57. The zero-order valence-electron chi connectivity index (χ0n) is 15.1. The van der Waals surface area contributed by atoms with Gasteiger partial charge in [-0.05, 0) is 50.1 Å². The molecule has 5 nitrogen and oxygen atoms in total. The van der Waals surface area contributed by atoms with Gasteiger partial charge >= 0.3 is 0 Å². The smallest absolute Gasteiger partial charge is 0.255 e. The van der Waals surface area contributed by atoms with Crippen LogP contribution in [0.1, 0.15) is 46.5 Å². The van der Waals surface area contributed by atoms with Crippen molar-refractivity contribution < 1.29 is 14.3 Å². The Bertz CT molecular complexity index is 771. The fraction of sp³-hybridized carbons (Fsp3) is 0.300. The average Bonchev–Trinajstić information content (AvgIpc) is 2.62. The highest BCUT2D eigenvalue weighted by Crippen LogP contribution is 2.21. The normalized spacial score (nSPS) is 11.5. The second kappa shape index (κ2) is 8.33. The summed E-state index contributed by atoms with van der Waals surface area (Å²) in [5, 5.41) is 5.73. The summed E-state index contributed by atoms with van der Waals surface area (Å²) in [6.45, 7) is 5.86. The van der Waals surface area contributed by atoms with Gasteiger partial charge in [-0.1, -0.05) is 25.1 Å². The summed E-state index contributed by atoms with van der Waals surface area (Å²) in [6, 6.07) is 12.3. The molecule has 132 valence electrons. The number of nitrogens with one attached hydrogen (secondary N) is 2. The van der Waals surface area contributed by atoms with Crippen LogP contribution in [-0.4, -0.2) is 25.0 Å². The van der Waals surface area contributed by atoms with Crippen LogP contribution in [-0.2, 0) is 0 Å². The molecule has 0 heterocycles. The fourth-order valence-electron chi connectivity index (χ4n) is 2.35. The number of aryl methyl sites for hydroxylation is 1. The Morgan fingerprint density at radius 2 is 1.84 bits per heavy atom. The van der Waals surface area contributed by atoms with E-state index in [1.165, 1.54) is 0 Å². The molecule has 5 heteroatoms. The summed E-state index contributed by atoms with van der Waals surface area (Å²) < 4.78 is 5.26. The Labute approximate surface area is 148 Å². The van der Waals surface area contributed by atoms with Crippen molar-refractivity contribution in [2.24, 2.45) is 0 Å². The average molecular weight is 340 g/mol. The SMILES string of the molecule is CCC(C)NC(=O)c1ccccc1NC(=O)c1ccc(C)c(OC)c1. The van der Waals surface area contributed by atoms with Crippen molar-refractivity contribution in [1.82, 2.24) is 5.32 Å². The highest BCUT2D eigenvalue weighted by atomic mass is 16.5. The van der Waals surface area contributed by atoms with Crippen LogP contribution in [0, 0.1) is 6.92 Å². The molecule has 0 saturated carbocycles. The lowest BCUT2D eigenvalue weighted by molar-refractivity contribution is 0.0940. The number of amides is 2. The van der Waals surface area contributed by atoms with Gasteiger partial charge in [0.05, 0.1) is 18.4 Å². The maximum absolute atomic E-state index is 12.5. The highest BCUT2D eigenvalue weighted by molar-refractivity contribution is 6.09. The third-order valence-electron chi connectivity index (χ3n) is 4.08. The second-order valence-corrected chi connectivity index (χ2v) is 5.97. The van der Waals surface area contributed by atoms with E-state index < -0.39 is 0 Å². The lowest BCUT2D eigenvalue weighted by atomic mass is 10.1. The number of methoxy groups -OCH3 is 1. The van der Waals surface area contributed by atoms with Gasteiger partial charge in [0, 0.05) is 11.6 Å². The largest absolute Gasteiger partial charge is 0.496 e. The van der Waals surface area contributed by atoms with E-state index in [2.05, 4.69) is 10.6 Å². The number of carbonyl (C=O) groups excluding carboxylic acids is 2. The third-order valence-corrected chi connectivity index (χ3v) is 4.08. The lowest BCUT2D eigenvalue weighted by Gasteiger charge is -2.15. The molecule has 0 aromatic heterocycles. The molecular weight excluding hydrogens is 316 g/mol. The van der Waals surface area contributed by atoms with Crippen molar-refractivity contribution in [3.05, 3.63) is 59.2 Å². The van der Waals surface area contributed by atoms with Crippen LogP contribution in [0.5, 0.6) is 5.75 Å². The summed E-state index contributed by atoms with van der Waals surface area (Å²) in [5.41, 5.74) is 2.34. The molecule has 0 aliphatic heterocycles. The topological polar surface area (TPSA) is 67.4 Å². The number of hydrogen-bond donors (Lipinski definition) is 2. The van der Waals surface area contributed by atoms with Gasteiger partial charge in [0.1, 0.15) is 5.75 Å². The van der Waals surface area contributed by atoms with Crippen LogP contribution in [0.2, 0.25) is 0 Å². The molecule has 25 heavy (non-hydrogen) atoms. The molecule has 1 unspecified atom stereocenters. The standard InChI is InChI=1S/C20H24N2O3/c1-5-14(3)21-20(24)16-8-6-7-9-17(16)22-19(23)15-11-10-13(2)18(12-15)25-4/h6-12,14H,5H2,1-4H3,(H,21,24)(H,22,23). The third kappa shape index (κ3) is 4.59. The quantitative estimate of drug-likeness (QED) is 0.841. The Morgan fingerprint density at radius 1 is 1.12 bits per heavy atom. The van der Waals surface area contributed by atoms with Crippen molar-refractivity contribution in [1.29, 1.82) is 0 Å². The minimum atomic E-state index is -0.290. The van der Waals surface area contributed by atoms with E-state index in [1.54, 1.807) is 43.5 Å². The molecule has 0 aliphatic rings. The summed E-state index contributed by atoms with van der Waals surface area (Å²) in [4.78, 5) is 25.0. The molecule has 0 spiro atoms. The molecule has 0 saturated heterocycles. The molecule has 2 rings (SSSR count). The van der Waals surface area contributed by atoms with Crippen molar-refractivity contribution >= 4 is 17.5 Å². The van der Waals surface area contributed by atoms with E-state index >= 15 is 0 Å². The van der Waals surface area contributed by atoms with Crippen molar-refractivity contribution in [2.75, 3.05) is 12.4 Å². The number of anilines is 1. The van der Waals surface area contributed by atoms with E-state index in [9.17, 15) is 9.59 Å². The number of ether oxygens (including phenoxy) is 1. The summed E-state index contributed by atoms with van der Waals surface area (Å²) >= 11 is 0. The summed E-state index contributed by atoms with van der Waals surface area (Å²) in [6.07, 6.45) is 0.837. The highest BCUT2D eigenvalue weighted by Gasteiger charge is 2.16. The van der Waals surface area contributed by atoms with Crippen LogP contribution >= 0.6 is 0 Å². The zero-order chi connectivity index (χ0) is 18.4. The molecule has 2 aromatic carbocycles. The molecule has 2 amide bonds. The molecular formula is C20H24N2O3. The first-order chi connectivity index (χ1) is 12.0. The monoisotopic (exact) mass is 340 g/mol. The molecule has 0 bridgehead atoms. The van der Waals surface area contributed by atoms with E-state index in [4.69, 9.17) is 4.74 Å². The van der Waals surface area contributed by atoms with Crippen molar-refractivity contribution in [3.63, 3.8) is 0 Å². The maximum Gasteiger partial charge on any atom is 0.255 e. The van der Waals surface area contributed by atoms with Gasteiger partial charge in [0.2, 0.25) is 0 Å². The van der Waals surface area contributed by atoms with Crippen LogP contribution in [0.25, 0.3) is 0 Å². The Kier molecular flexibility index (Phi) is 6.17. The molecule has 2 aromatic rings. The predicted molar refractivity (Wildman–Crippen MR) is 99.3 cm³/mol. The molecule has 0 fully saturated rings. The lowest BCUT2D eigenvalue weighted by Crippen LogP contribution is -2.32. The van der Waals surface area contributed by atoms with Crippen LogP contribution < -0.4 is 15.4 Å². The maximum atomic E-state index is 12.5. The molecule has 1 atom stereocenters. The number of hydrogen-bond acceptors (Lipinski definition) is 3. The number of para-hydroxylation sites is 1. The fourth-order valence-corrected chi connectivity index (χ4v) is 2.35. The van der Waals surface area contributed by atoms with Gasteiger partial charge in [-0.2, -0.15) is 0 Å². The van der Waals surface area contributed by atoms with Gasteiger partial charge in [0.25, 0.3) is 11.8 Å². The molecule has 0 radical (unpaired) electrons.